The largest absolute Gasteiger partial charge is 0.273 e. The zero-order valence-electron chi connectivity index (χ0n) is 15.2. The summed E-state index contributed by atoms with van der Waals surface area (Å²) in [6, 6.07) is 5.62. The Morgan fingerprint density at radius 3 is 2.54 bits per heavy atom. The molecule has 0 aliphatic rings. The molecule has 0 spiro atoms. The van der Waals surface area contributed by atoms with Crippen molar-refractivity contribution in [2.24, 2.45) is 0 Å². The molecule has 0 radical (unpaired) electrons. The molecule has 0 aliphatic heterocycles. The van der Waals surface area contributed by atoms with Gasteiger partial charge in [0.1, 0.15) is 16.2 Å². The Morgan fingerprint density at radius 2 is 1.89 bits per heavy atom. The van der Waals surface area contributed by atoms with Crippen molar-refractivity contribution >= 4 is 60.8 Å². The van der Waals surface area contributed by atoms with Crippen LogP contribution >= 0.6 is 34.7 Å². The molecule has 6 nitrogen and oxygen atoms in total. The van der Waals surface area contributed by atoms with Gasteiger partial charge in [-0.15, -0.1) is 11.3 Å². The van der Waals surface area contributed by atoms with E-state index in [0.29, 0.717) is 10.0 Å². The smallest absolute Gasteiger partial charge is 0.264 e. The summed E-state index contributed by atoms with van der Waals surface area (Å²) in [4.78, 5) is 23.0. The van der Waals surface area contributed by atoms with Gasteiger partial charge in [0.25, 0.3) is 10.0 Å². The number of aromatic nitrogens is 2. The second-order valence-electron chi connectivity index (χ2n) is 5.84. The minimum absolute atomic E-state index is 0.0154. The van der Waals surface area contributed by atoms with Crippen LogP contribution in [-0.2, 0) is 27.7 Å². The summed E-state index contributed by atoms with van der Waals surface area (Å²) in [5.74, 6) is -0.685. The summed E-state index contributed by atoms with van der Waals surface area (Å²) in [6.07, 6.45) is 3.23. The van der Waals surface area contributed by atoms with E-state index < -0.39 is 15.9 Å². The maximum Gasteiger partial charge on any atom is 0.264 e. The Kier molecular flexibility index (Phi) is 6.59. The zero-order chi connectivity index (χ0) is 20.3. The normalized spacial score (nSPS) is 11.7. The summed E-state index contributed by atoms with van der Waals surface area (Å²) < 4.78 is 26.7. The molecule has 148 valence electrons. The highest BCUT2D eigenvalue weighted by Crippen LogP contribution is 2.36. The van der Waals surface area contributed by atoms with E-state index >= 15 is 0 Å². The van der Waals surface area contributed by atoms with E-state index in [-0.39, 0.29) is 10.6 Å². The summed E-state index contributed by atoms with van der Waals surface area (Å²) in [5.41, 5.74) is 1.19. The van der Waals surface area contributed by atoms with Crippen molar-refractivity contribution in [3.05, 3.63) is 46.1 Å². The summed E-state index contributed by atoms with van der Waals surface area (Å²) in [6.45, 7) is 4.17. The number of rotatable bonds is 7. The quantitative estimate of drug-likeness (QED) is 0.426. The lowest BCUT2D eigenvalue weighted by atomic mass is 10.1. The Morgan fingerprint density at radius 1 is 1.18 bits per heavy atom. The van der Waals surface area contributed by atoms with Crippen molar-refractivity contribution in [1.29, 1.82) is 0 Å². The van der Waals surface area contributed by atoms with Crippen LogP contribution in [0.5, 0.6) is 0 Å². The van der Waals surface area contributed by atoms with Gasteiger partial charge in [-0.25, -0.2) is 23.1 Å². The predicted molar refractivity (Wildman–Crippen MR) is 114 cm³/mol. The van der Waals surface area contributed by atoms with E-state index in [2.05, 4.69) is 28.5 Å². The van der Waals surface area contributed by atoms with Crippen molar-refractivity contribution in [2.45, 2.75) is 36.6 Å². The molecule has 1 amide bonds. The number of carbonyl (C=O) groups is 1. The van der Waals surface area contributed by atoms with Gasteiger partial charge >= 0.3 is 0 Å². The van der Waals surface area contributed by atoms with Crippen molar-refractivity contribution in [2.75, 3.05) is 5.75 Å². The number of thioether (sulfide) groups is 1. The molecule has 2 aromatic heterocycles. The lowest BCUT2D eigenvalue weighted by Crippen LogP contribution is -2.31. The SMILES string of the molecule is CCc1sc2ncnc(SCC(=O)NS(=O)(=O)c3ccc(Cl)cc3)c2c1CC. The first kappa shape index (κ1) is 21.0. The third-order valence-electron chi connectivity index (χ3n) is 4.02. The number of fused-ring (bicyclic) bond motifs is 1. The second-order valence-corrected chi connectivity index (χ2v) is 10.0. The number of nitrogens with zero attached hydrogens (tertiary/aromatic N) is 2. The van der Waals surface area contributed by atoms with E-state index in [4.69, 9.17) is 11.6 Å². The van der Waals surface area contributed by atoms with Crippen LogP contribution in [0, 0.1) is 0 Å². The summed E-state index contributed by atoms with van der Waals surface area (Å²) in [5, 5.41) is 2.07. The van der Waals surface area contributed by atoms with Gasteiger partial charge in [0.15, 0.2) is 0 Å². The van der Waals surface area contributed by atoms with Crippen molar-refractivity contribution in [3.8, 4) is 0 Å². The molecule has 3 aromatic rings. The van der Waals surface area contributed by atoms with Gasteiger partial charge in [-0.2, -0.15) is 0 Å². The molecule has 0 saturated heterocycles. The van der Waals surface area contributed by atoms with Gasteiger partial charge in [-0.05, 0) is 42.7 Å². The van der Waals surface area contributed by atoms with Crippen molar-refractivity contribution in [3.63, 3.8) is 0 Å². The third-order valence-corrected chi connectivity index (χ3v) is 7.94. The molecular weight excluding hydrogens is 438 g/mol. The molecule has 0 unspecified atom stereocenters. The first-order chi connectivity index (χ1) is 13.4. The maximum atomic E-state index is 12.3. The van der Waals surface area contributed by atoms with Crippen LogP contribution in [0.4, 0.5) is 0 Å². The number of thiophene rings is 1. The van der Waals surface area contributed by atoms with Gasteiger partial charge in [0.2, 0.25) is 5.91 Å². The molecule has 2 heterocycles. The second kappa shape index (κ2) is 8.77. The fourth-order valence-electron chi connectivity index (χ4n) is 2.76. The Balaban J connectivity index is 1.76. The van der Waals surface area contributed by atoms with Gasteiger partial charge < -0.3 is 0 Å². The molecule has 0 bridgehead atoms. The van der Waals surface area contributed by atoms with Crippen LogP contribution in [-0.4, -0.2) is 30.0 Å². The average molecular weight is 456 g/mol. The van der Waals surface area contributed by atoms with Crippen LogP contribution < -0.4 is 4.72 Å². The van der Waals surface area contributed by atoms with Crippen molar-refractivity contribution in [1.82, 2.24) is 14.7 Å². The number of halogens is 1. The van der Waals surface area contributed by atoms with Crippen LogP contribution in [0.3, 0.4) is 0 Å². The van der Waals surface area contributed by atoms with Gasteiger partial charge in [0.05, 0.1) is 10.6 Å². The topological polar surface area (TPSA) is 89.0 Å². The summed E-state index contributed by atoms with van der Waals surface area (Å²) >= 11 is 8.61. The number of nitrogens with one attached hydrogen (secondary N) is 1. The van der Waals surface area contributed by atoms with E-state index in [9.17, 15) is 13.2 Å². The molecule has 0 saturated carbocycles. The molecule has 28 heavy (non-hydrogen) atoms. The molecule has 1 N–H and O–H groups in total. The van der Waals surface area contributed by atoms with Crippen LogP contribution in [0.2, 0.25) is 5.02 Å². The van der Waals surface area contributed by atoms with Gasteiger partial charge in [-0.1, -0.05) is 37.2 Å². The summed E-state index contributed by atoms with van der Waals surface area (Å²) in [7, 11) is -3.94. The standard InChI is InChI=1S/C18H18ClN3O3S3/c1-3-13-14(4-2)27-18-16(13)17(20-10-21-18)26-9-15(23)22-28(24,25)12-7-5-11(19)6-8-12/h5-8,10H,3-4,9H2,1-2H3,(H,22,23). The van der Waals surface area contributed by atoms with Crippen LogP contribution in [0.1, 0.15) is 24.3 Å². The fourth-order valence-corrected chi connectivity index (χ4v) is 6.02. The minimum Gasteiger partial charge on any atom is -0.273 e. The van der Waals surface area contributed by atoms with Crippen LogP contribution in [0.15, 0.2) is 40.5 Å². The van der Waals surface area contributed by atoms with Crippen molar-refractivity contribution < 1.29 is 13.2 Å². The lowest BCUT2D eigenvalue weighted by molar-refractivity contribution is -0.116. The average Bonchev–Trinajstić information content (AvgIpc) is 3.04. The van der Waals surface area contributed by atoms with E-state index in [1.807, 2.05) is 0 Å². The molecule has 3 rings (SSSR count). The molecule has 10 heteroatoms. The van der Waals surface area contributed by atoms with E-state index in [1.54, 1.807) is 11.3 Å². The highest BCUT2D eigenvalue weighted by Gasteiger charge is 2.20. The molecule has 0 aliphatic carbocycles. The first-order valence-corrected chi connectivity index (χ1v) is 12.2. The highest BCUT2D eigenvalue weighted by atomic mass is 35.5. The van der Waals surface area contributed by atoms with E-state index in [0.717, 1.165) is 23.1 Å². The first-order valence-electron chi connectivity index (χ1n) is 8.55. The number of hydrogen-bond acceptors (Lipinski definition) is 7. The minimum atomic E-state index is -3.94. The number of aryl methyl sites for hydroxylation is 2. The molecule has 1 aromatic carbocycles. The number of benzene rings is 1. The Labute approximate surface area is 176 Å². The molecular formula is C18H18ClN3O3S3. The predicted octanol–water partition coefficient (Wildman–Crippen LogP) is 4.07. The number of amides is 1. The third kappa shape index (κ3) is 4.48. The Hall–Kier alpha value is -1.68. The lowest BCUT2D eigenvalue weighted by Gasteiger charge is -2.08. The van der Waals surface area contributed by atoms with Gasteiger partial charge in [-0.3, -0.25) is 4.79 Å². The number of sulfonamides is 1. The Bertz CT molecular complexity index is 1110. The number of carbonyl (C=O) groups excluding carboxylic acids is 1. The monoisotopic (exact) mass is 455 g/mol. The zero-order valence-corrected chi connectivity index (χ0v) is 18.4. The van der Waals surface area contributed by atoms with Crippen LogP contribution in [0.25, 0.3) is 10.2 Å². The fraction of sp³-hybridized carbons (Fsp3) is 0.278. The van der Waals surface area contributed by atoms with Gasteiger partial charge in [0, 0.05) is 15.3 Å². The number of hydrogen-bond donors (Lipinski definition) is 1. The van der Waals surface area contributed by atoms with E-state index in [1.165, 1.54) is 52.8 Å². The highest BCUT2D eigenvalue weighted by molar-refractivity contribution is 8.00. The maximum absolute atomic E-state index is 12.3. The molecule has 0 fully saturated rings. The molecule has 0 atom stereocenters.